The molecular formula is C24H16ClN3O2. The summed E-state index contributed by atoms with van der Waals surface area (Å²) in [7, 11) is 1.76. The van der Waals surface area contributed by atoms with Crippen molar-refractivity contribution in [2.75, 3.05) is 16.8 Å². The van der Waals surface area contributed by atoms with E-state index in [1.807, 2.05) is 36.4 Å². The van der Waals surface area contributed by atoms with E-state index in [9.17, 15) is 9.59 Å². The van der Waals surface area contributed by atoms with Gasteiger partial charge in [-0.1, -0.05) is 41.9 Å². The Kier molecular flexibility index (Phi) is 5.09. The molecule has 1 aliphatic rings. The van der Waals surface area contributed by atoms with Gasteiger partial charge in [0.15, 0.2) is 0 Å². The van der Waals surface area contributed by atoms with Crippen LogP contribution in [0.3, 0.4) is 0 Å². The van der Waals surface area contributed by atoms with Gasteiger partial charge in [0, 0.05) is 17.8 Å². The normalized spacial score (nSPS) is 13.6. The van der Waals surface area contributed by atoms with Crippen molar-refractivity contribution in [3.05, 3.63) is 101 Å². The van der Waals surface area contributed by atoms with Gasteiger partial charge in [0.05, 0.1) is 22.9 Å². The maximum Gasteiger partial charge on any atom is 0.282 e. The summed E-state index contributed by atoms with van der Waals surface area (Å²) in [5.41, 5.74) is 2.82. The highest BCUT2D eigenvalue weighted by atomic mass is 35.5. The quantitative estimate of drug-likeness (QED) is 0.585. The fourth-order valence-corrected chi connectivity index (χ4v) is 3.53. The van der Waals surface area contributed by atoms with Crippen molar-refractivity contribution in [1.82, 2.24) is 0 Å². The fraction of sp³-hybridized carbons (Fsp3) is 0.0417. The molecule has 0 aromatic heterocycles. The molecule has 0 aliphatic carbocycles. The Morgan fingerprint density at radius 3 is 2.10 bits per heavy atom. The van der Waals surface area contributed by atoms with Gasteiger partial charge in [-0.05, 0) is 54.1 Å². The van der Waals surface area contributed by atoms with Gasteiger partial charge in [0.1, 0.15) is 5.70 Å². The molecule has 0 unspecified atom stereocenters. The fourth-order valence-electron chi connectivity index (χ4n) is 3.41. The minimum absolute atomic E-state index is 0.276. The molecule has 3 aromatic rings. The van der Waals surface area contributed by atoms with Crippen molar-refractivity contribution in [2.45, 2.75) is 0 Å². The smallest absolute Gasteiger partial charge is 0.282 e. The Morgan fingerprint density at radius 1 is 0.867 bits per heavy atom. The molecule has 146 valence electrons. The zero-order valence-corrected chi connectivity index (χ0v) is 16.8. The summed E-state index contributed by atoms with van der Waals surface area (Å²) in [6, 6.07) is 24.6. The number of benzene rings is 3. The van der Waals surface area contributed by atoms with Gasteiger partial charge in [-0.3, -0.25) is 9.59 Å². The van der Waals surface area contributed by atoms with E-state index in [0.717, 1.165) is 10.6 Å². The number of likely N-dealkylation sites (N-methyl/N-ethyl adjacent to an activating group) is 1. The van der Waals surface area contributed by atoms with Crippen LogP contribution in [0.4, 0.5) is 11.4 Å². The summed E-state index contributed by atoms with van der Waals surface area (Å²) in [4.78, 5) is 29.7. The highest BCUT2D eigenvalue weighted by Gasteiger charge is 2.42. The van der Waals surface area contributed by atoms with Crippen LogP contribution in [0.5, 0.6) is 0 Å². The first-order valence-electron chi connectivity index (χ1n) is 9.19. The van der Waals surface area contributed by atoms with E-state index in [0.29, 0.717) is 27.4 Å². The number of nitriles is 1. The summed E-state index contributed by atoms with van der Waals surface area (Å²) in [5.74, 6) is -0.856. The molecule has 2 amide bonds. The summed E-state index contributed by atoms with van der Waals surface area (Å²) in [6.07, 6.45) is 0. The number of anilines is 2. The number of rotatable bonds is 4. The molecule has 0 bridgehead atoms. The number of para-hydroxylation sites is 1. The standard InChI is InChI=1S/C24H16ClN3O2/c1-27(19-5-3-2-4-6-19)22-21(17-9-11-18(25)12-10-17)23(29)28(24(22)30)20-13-7-16(15-26)8-14-20/h2-14H,1H3. The predicted molar refractivity (Wildman–Crippen MR) is 117 cm³/mol. The van der Waals surface area contributed by atoms with Crippen LogP contribution in [0, 0.1) is 11.3 Å². The minimum Gasteiger partial charge on any atom is -0.339 e. The molecule has 0 fully saturated rings. The molecule has 1 heterocycles. The van der Waals surface area contributed by atoms with Gasteiger partial charge in [-0.25, -0.2) is 4.90 Å². The second-order valence-electron chi connectivity index (χ2n) is 6.73. The molecule has 0 spiro atoms. The van der Waals surface area contributed by atoms with Crippen molar-refractivity contribution in [3.8, 4) is 6.07 Å². The Balaban J connectivity index is 1.86. The number of imide groups is 1. The lowest BCUT2D eigenvalue weighted by Crippen LogP contribution is -2.34. The SMILES string of the molecule is CN(C1=C(c2ccc(Cl)cc2)C(=O)N(c2ccc(C#N)cc2)C1=O)c1ccccc1. The predicted octanol–water partition coefficient (Wildman–Crippen LogP) is 4.63. The maximum atomic E-state index is 13.5. The molecule has 6 heteroatoms. The van der Waals surface area contributed by atoms with E-state index in [1.54, 1.807) is 60.5 Å². The van der Waals surface area contributed by atoms with Crippen molar-refractivity contribution in [2.24, 2.45) is 0 Å². The lowest BCUT2D eigenvalue weighted by molar-refractivity contribution is -0.120. The average Bonchev–Trinajstić information content (AvgIpc) is 3.04. The molecule has 0 N–H and O–H groups in total. The summed E-state index contributed by atoms with van der Waals surface area (Å²) >= 11 is 6.02. The minimum atomic E-state index is -0.430. The number of hydrogen-bond acceptors (Lipinski definition) is 4. The first-order chi connectivity index (χ1) is 14.5. The van der Waals surface area contributed by atoms with Crippen LogP contribution in [-0.4, -0.2) is 18.9 Å². The van der Waals surface area contributed by atoms with Crippen LogP contribution in [-0.2, 0) is 9.59 Å². The monoisotopic (exact) mass is 413 g/mol. The van der Waals surface area contributed by atoms with Gasteiger partial charge < -0.3 is 4.90 Å². The third kappa shape index (κ3) is 3.34. The van der Waals surface area contributed by atoms with Crippen LogP contribution in [0.25, 0.3) is 5.57 Å². The number of amides is 2. The molecule has 0 radical (unpaired) electrons. The molecule has 4 rings (SSSR count). The Hall–Kier alpha value is -3.88. The van der Waals surface area contributed by atoms with E-state index in [2.05, 4.69) is 0 Å². The number of carbonyl (C=O) groups excluding carboxylic acids is 2. The van der Waals surface area contributed by atoms with Crippen LogP contribution in [0.15, 0.2) is 84.6 Å². The van der Waals surface area contributed by atoms with E-state index < -0.39 is 11.8 Å². The van der Waals surface area contributed by atoms with Crippen molar-refractivity contribution in [3.63, 3.8) is 0 Å². The van der Waals surface area contributed by atoms with Crippen molar-refractivity contribution >= 4 is 40.4 Å². The number of nitrogens with zero attached hydrogens (tertiary/aromatic N) is 3. The Bertz CT molecular complexity index is 1190. The summed E-state index contributed by atoms with van der Waals surface area (Å²) < 4.78 is 0. The Morgan fingerprint density at radius 2 is 1.50 bits per heavy atom. The average molecular weight is 414 g/mol. The molecule has 30 heavy (non-hydrogen) atoms. The van der Waals surface area contributed by atoms with Crippen LogP contribution < -0.4 is 9.80 Å². The highest BCUT2D eigenvalue weighted by molar-refractivity contribution is 6.46. The topological polar surface area (TPSA) is 64.4 Å². The van der Waals surface area contributed by atoms with E-state index in [4.69, 9.17) is 16.9 Å². The van der Waals surface area contributed by atoms with Crippen LogP contribution in [0.1, 0.15) is 11.1 Å². The van der Waals surface area contributed by atoms with Crippen LogP contribution in [0.2, 0.25) is 5.02 Å². The third-order valence-electron chi connectivity index (χ3n) is 4.93. The van der Waals surface area contributed by atoms with Gasteiger partial charge >= 0.3 is 0 Å². The lowest BCUT2D eigenvalue weighted by Gasteiger charge is -2.21. The maximum absolute atomic E-state index is 13.5. The molecule has 3 aromatic carbocycles. The summed E-state index contributed by atoms with van der Waals surface area (Å²) in [5, 5.41) is 9.57. The molecule has 0 saturated carbocycles. The second-order valence-corrected chi connectivity index (χ2v) is 7.17. The van der Waals surface area contributed by atoms with E-state index in [1.165, 1.54) is 0 Å². The number of hydrogen-bond donors (Lipinski definition) is 0. The largest absolute Gasteiger partial charge is 0.339 e. The number of halogens is 1. The van der Waals surface area contributed by atoms with Gasteiger partial charge in [-0.15, -0.1) is 0 Å². The first-order valence-corrected chi connectivity index (χ1v) is 9.57. The van der Waals surface area contributed by atoms with Crippen LogP contribution >= 0.6 is 11.6 Å². The van der Waals surface area contributed by atoms with Gasteiger partial charge in [0.2, 0.25) is 0 Å². The lowest BCUT2D eigenvalue weighted by atomic mass is 10.0. The zero-order valence-electron chi connectivity index (χ0n) is 16.0. The first kappa shape index (κ1) is 19.4. The van der Waals surface area contributed by atoms with Gasteiger partial charge in [-0.2, -0.15) is 5.26 Å². The van der Waals surface area contributed by atoms with Crippen molar-refractivity contribution in [1.29, 1.82) is 5.26 Å². The zero-order chi connectivity index (χ0) is 21.3. The molecule has 5 nitrogen and oxygen atoms in total. The van der Waals surface area contributed by atoms with E-state index >= 15 is 0 Å². The van der Waals surface area contributed by atoms with Gasteiger partial charge in [0.25, 0.3) is 11.8 Å². The van der Waals surface area contributed by atoms with Crippen molar-refractivity contribution < 1.29 is 9.59 Å². The number of carbonyl (C=O) groups is 2. The summed E-state index contributed by atoms with van der Waals surface area (Å²) in [6.45, 7) is 0. The Labute approximate surface area is 179 Å². The highest BCUT2D eigenvalue weighted by Crippen LogP contribution is 2.36. The molecule has 0 atom stereocenters. The molecule has 0 saturated heterocycles. The molecular weight excluding hydrogens is 398 g/mol. The third-order valence-corrected chi connectivity index (χ3v) is 5.18. The molecule has 1 aliphatic heterocycles. The van der Waals surface area contributed by atoms with E-state index in [-0.39, 0.29) is 5.70 Å². The second kappa shape index (κ2) is 7.86.